The van der Waals surface area contributed by atoms with Gasteiger partial charge in [0.2, 0.25) is 5.91 Å². The summed E-state index contributed by atoms with van der Waals surface area (Å²) in [6.45, 7) is 1.70. The smallest absolute Gasteiger partial charge is 0.413 e. The molecule has 2 N–H and O–H groups in total. The molecule has 3 aromatic heterocycles. The quantitative estimate of drug-likeness (QED) is 0.471. The second-order valence-corrected chi connectivity index (χ2v) is 9.41. The fraction of sp³-hybridized carbons (Fsp3) is 0.391. The summed E-state index contributed by atoms with van der Waals surface area (Å²) >= 11 is 6.08. The third kappa shape index (κ3) is 4.10. The largest absolute Gasteiger partial charge is 0.441 e. The summed E-state index contributed by atoms with van der Waals surface area (Å²) in [5, 5.41) is 14.0. The number of nitrogens with zero attached hydrogens (tertiary/aromatic N) is 5. The minimum atomic E-state index is -0.708. The van der Waals surface area contributed by atoms with Crippen molar-refractivity contribution in [1.29, 1.82) is 0 Å². The van der Waals surface area contributed by atoms with Crippen LogP contribution in [0.3, 0.4) is 0 Å². The van der Waals surface area contributed by atoms with Gasteiger partial charge in [0.05, 0.1) is 28.6 Å². The number of methoxy groups -OCH3 is 1. The highest BCUT2D eigenvalue weighted by molar-refractivity contribution is 6.30. The van der Waals surface area contributed by atoms with Crippen LogP contribution in [0.15, 0.2) is 36.7 Å². The fourth-order valence-corrected chi connectivity index (χ4v) is 5.02. The summed E-state index contributed by atoms with van der Waals surface area (Å²) in [4.78, 5) is 33.6. The lowest BCUT2D eigenvalue weighted by atomic mass is 9.40. The number of hydrogen-bond donors (Lipinski definition) is 2. The van der Waals surface area contributed by atoms with Gasteiger partial charge >= 0.3 is 6.09 Å². The molecule has 0 saturated heterocycles. The maximum absolute atomic E-state index is 12.7. The van der Waals surface area contributed by atoms with E-state index >= 15 is 0 Å². The third-order valence-electron chi connectivity index (χ3n) is 6.72. The summed E-state index contributed by atoms with van der Waals surface area (Å²) in [6.07, 6.45) is 4.04. The Morgan fingerprint density at radius 3 is 2.60 bits per heavy atom. The lowest BCUT2D eigenvalue weighted by molar-refractivity contribution is -0.260. The highest BCUT2D eigenvalue weighted by Gasteiger charge is 2.72. The maximum Gasteiger partial charge on any atom is 0.413 e. The van der Waals surface area contributed by atoms with Crippen molar-refractivity contribution in [2.75, 3.05) is 17.7 Å². The molecule has 11 nitrogen and oxygen atoms in total. The van der Waals surface area contributed by atoms with Gasteiger partial charge in [0.1, 0.15) is 11.3 Å². The highest BCUT2D eigenvalue weighted by atomic mass is 35.5. The normalized spacial score (nSPS) is 23.0. The third-order valence-corrected chi connectivity index (χ3v) is 7.03. The molecule has 1 atom stereocenters. The number of nitrogens with one attached hydrogen (secondary N) is 2. The molecule has 0 aromatic carbocycles. The first-order valence-electron chi connectivity index (χ1n) is 11.0. The number of pyridine rings is 2. The van der Waals surface area contributed by atoms with Crippen LogP contribution in [0.4, 0.5) is 16.3 Å². The molecule has 6 rings (SSSR count). The molecule has 0 unspecified atom stereocenters. The predicted octanol–water partition coefficient (Wildman–Crippen LogP) is 3.74. The van der Waals surface area contributed by atoms with Crippen molar-refractivity contribution in [3.05, 3.63) is 47.4 Å². The van der Waals surface area contributed by atoms with Crippen LogP contribution in [0.5, 0.6) is 0 Å². The summed E-state index contributed by atoms with van der Waals surface area (Å²) in [7, 11) is 3.33. The minimum Gasteiger partial charge on any atom is -0.441 e. The van der Waals surface area contributed by atoms with E-state index in [1.54, 1.807) is 57.7 Å². The molecule has 12 heteroatoms. The molecule has 182 valence electrons. The van der Waals surface area contributed by atoms with Gasteiger partial charge in [0.25, 0.3) is 0 Å². The van der Waals surface area contributed by atoms with E-state index in [0.29, 0.717) is 28.5 Å². The average Bonchev–Trinajstić information content (AvgIpc) is 3.13. The van der Waals surface area contributed by atoms with E-state index in [1.807, 2.05) is 0 Å². The Morgan fingerprint density at radius 2 is 1.94 bits per heavy atom. The zero-order valence-corrected chi connectivity index (χ0v) is 20.2. The van der Waals surface area contributed by atoms with E-state index in [1.165, 1.54) is 4.68 Å². The molecular formula is C23H24ClN7O4. The lowest BCUT2D eigenvalue weighted by Gasteiger charge is -2.67. The molecule has 0 aliphatic heterocycles. The SMILES string of the molecule is COC12CC(C(=O)Nc3ccc(-c4nnn(C)c4NC(=O)O[C@H](C)c4cccnc4Cl)nc3)(C1)C2. The summed E-state index contributed by atoms with van der Waals surface area (Å²) in [5.41, 5.74) is 1.57. The van der Waals surface area contributed by atoms with Crippen molar-refractivity contribution in [2.45, 2.75) is 37.9 Å². The standard InChI is InChI=1S/C23H24ClN7O4/c1-13(15-5-4-8-25-18(15)24)35-21(33)28-19-17(29-30-31(19)2)16-7-6-14(9-26-16)27-20(32)22-10-23(11-22,12-22)34-3/h4-9,13H,10-12H2,1-3H3,(H,27,32)(H,28,33)/t13-,22?,23?/m1/s1. The van der Waals surface area contributed by atoms with Crippen molar-refractivity contribution in [2.24, 2.45) is 12.5 Å². The van der Waals surface area contributed by atoms with Gasteiger partial charge in [-0.05, 0) is 44.4 Å². The van der Waals surface area contributed by atoms with Crippen LogP contribution in [0.2, 0.25) is 5.15 Å². The van der Waals surface area contributed by atoms with Gasteiger partial charge in [-0.15, -0.1) is 5.10 Å². The van der Waals surface area contributed by atoms with Crippen LogP contribution >= 0.6 is 11.6 Å². The topological polar surface area (TPSA) is 133 Å². The average molecular weight is 498 g/mol. The Kier molecular flexibility index (Phi) is 5.68. The number of rotatable bonds is 7. The number of aromatic nitrogens is 5. The van der Waals surface area contributed by atoms with E-state index in [4.69, 9.17) is 21.1 Å². The van der Waals surface area contributed by atoms with Crippen LogP contribution in [0.1, 0.15) is 37.9 Å². The molecule has 3 aliphatic rings. The molecule has 3 fully saturated rings. The molecular weight excluding hydrogens is 474 g/mol. The van der Waals surface area contributed by atoms with Crippen molar-refractivity contribution in [3.8, 4) is 11.4 Å². The molecule has 0 radical (unpaired) electrons. The fourth-order valence-electron chi connectivity index (χ4n) is 4.75. The van der Waals surface area contributed by atoms with Crippen LogP contribution in [-0.4, -0.2) is 49.7 Å². The molecule has 35 heavy (non-hydrogen) atoms. The molecule has 2 bridgehead atoms. The number of carbonyl (C=O) groups is 2. The van der Waals surface area contributed by atoms with E-state index < -0.39 is 12.2 Å². The van der Waals surface area contributed by atoms with Gasteiger partial charge in [-0.25, -0.2) is 14.5 Å². The number of amides is 2. The summed E-state index contributed by atoms with van der Waals surface area (Å²) in [6, 6.07) is 6.89. The van der Waals surface area contributed by atoms with Crippen molar-refractivity contribution < 1.29 is 19.1 Å². The summed E-state index contributed by atoms with van der Waals surface area (Å²) < 4.78 is 12.3. The molecule has 3 heterocycles. The number of ether oxygens (including phenoxy) is 2. The minimum absolute atomic E-state index is 0.0154. The number of anilines is 2. The number of aryl methyl sites for hydroxylation is 1. The van der Waals surface area contributed by atoms with Gasteiger partial charge in [-0.1, -0.05) is 22.9 Å². The van der Waals surface area contributed by atoms with Crippen molar-refractivity contribution in [3.63, 3.8) is 0 Å². The van der Waals surface area contributed by atoms with Gasteiger partial charge in [0, 0.05) is 25.9 Å². The zero-order chi connectivity index (χ0) is 24.8. The van der Waals surface area contributed by atoms with E-state index in [-0.39, 0.29) is 22.1 Å². The molecule has 3 aromatic rings. The zero-order valence-electron chi connectivity index (χ0n) is 19.4. The Labute approximate surface area is 206 Å². The Bertz CT molecular complexity index is 1270. The number of hydrogen-bond acceptors (Lipinski definition) is 8. The van der Waals surface area contributed by atoms with Crippen LogP contribution in [0.25, 0.3) is 11.4 Å². The Hall–Kier alpha value is -3.57. The van der Waals surface area contributed by atoms with E-state index in [2.05, 4.69) is 30.9 Å². The first kappa shape index (κ1) is 23.2. The first-order chi connectivity index (χ1) is 16.7. The van der Waals surface area contributed by atoms with Crippen LogP contribution in [-0.2, 0) is 21.3 Å². The highest BCUT2D eigenvalue weighted by Crippen LogP contribution is 2.69. The molecule has 2 amide bonds. The predicted molar refractivity (Wildman–Crippen MR) is 127 cm³/mol. The van der Waals surface area contributed by atoms with Gasteiger partial charge in [-0.3, -0.25) is 15.1 Å². The van der Waals surface area contributed by atoms with Crippen LogP contribution in [0, 0.1) is 5.41 Å². The monoisotopic (exact) mass is 497 g/mol. The molecule has 3 aliphatic carbocycles. The van der Waals surface area contributed by atoms with Crippen LogP contribution < -0.4 is 10.6 Å². The van der Waals surface area contributed by atoms with Gasteiger partial charge in [-0.2, -0.15) is 0 Å². The van der Waals surface area contributed by atoms with E-state index in [0.717, 1.165) is 19.3 Å². The van der Waals surface area contributed by atoms with Gasteiger partial charge in [0.15, 0.2) is 11.5 Å². The molecule has 0 spiro atoms. The summed E-state index contributed by atoms with van der Waals surface area (Å²) in [5.74, 6) is 0.293. The van der Waals surface area contributed by atoms with Crippen molar-refractivity contribution >= 4 is 35.1 Å². The van der Waals surface area contributed by atoms with Crippen molar-refractivity contribution in [1.82, 2.24) is 25.0 Å². The second-order valence-electron chi connectivity index (χ2n) is 9.05. The second kappa shape index (κ2) is 8.58. The lowest BCUT2D eigenvalue weighted by Crippen LogP contribution is -2.72. The first-order valence-corrected chi connectivity index (χ1v) is 11.4. The number of carbonyl (C=O) groups excluding carboxylic acids is 2. The molecule has 3 saturated carbocycles. The van der Waals surface area contributed by atoms with Gasteiger partial charge < -0.3 is 14.8 Å². The Morgan fingerprint density at radius 1 is 1.17 bits per heavy atom. The van der Waals surface area contributed by atoms with E-state index in [9.17, 15) is 9.59 Å². The maximum atomic E-state index is 12.7. The number of halogens is 1. The Balaban J connectivity index is 1.24.